The smallest absolute Gasteiger partial charge is 0.198 e. The second kappa shape index (κ2) is 7.13. The van der Waals surface area contributed by atoms with Crippen LogP contribution >= 0.6 is 0 Å². The first-order chi connectivity index (χ1) is 14.2. The number of pyridine rings is 2. The molecule has 29 heavy (non-hydrogen) atoms. The third kappa shape index (κ3) is 3.06. The van der Waals surface area contributed by atoms with E-state index in [9.17, 15) is 4.79 Å². The van der Waals surface area contributed by atoms with Crippen LogP contribution in [-0.4, -0.2) is 33.8 Å². The number of rotatable bonds is 4. The Morgan fingerprint density at radius 3 is 2.69 bits per heavy atom. The summed E-state index contributed by atoms with van der Waals surface area (Å²) < 4.78 is 15.2. The van der Waals surface area contributed by atoms with Crippen LogP contribution in [-0.2, 0) is 0 Å². The molecule has 4 aromatic rings. The Morgan fingerprint density at radius 2 is 1.90 bits per heavy atom. The van der Waals surface area contributed by atoms with Gasteiger partial charge in [-0.25, -0.2) is 9.37 Å². The SMILES string of the molecule is O=C(c1cccc(N2CCCC2)c1F)c1c[nH]c2ncc(-c3cccnc3)cc12. The number of ketones is 1. The number of hydrogen-bond acceptors (Lipinski definition) is 4. The van der Waals surface area contributed by atoms with E-state index in [2.05, 4.69) is 15.0 Å². The summed E-state index contributed by atoms with van der Waals surface area (Å²) in [7, 11) is 0. The Bertz CT molecular complexity index is 1200. The maximum Gasteiger partial charge on any atom is 0.198 e. The van der Waals surface area contributed by atoms with E-state index in [4.69, 9.17) is 0 Å². The first-order valence-corrected chi connectivity index (χ1v) is 9.68. The highest BCUT2D eigenvalue weighted by Gasteiger charge is 2.23. The van der Waals surface area contributed by atoms with Crippen LogP contribution in [0.1, 0.15) is 28.8 Å². The summed E-state index contributed by atoms with van der Waals surface area (Å²) >= 11 is 0. The summed E-state index contributed by atoms with van der Waals surface area (Å²) in [6.07, 6.45) is 8.88. The summed E-state index contributed by atoms with van der Waals surface area (Å²) in [5, 5.41) is 0.669. The van der Waals surface area contributed by atoms with Crippen LogP contribution in [0.15, 0.2) is 61.2 Å². The first-order valence-electron chi connectivity index (χ1n) is 9.68. The van der Waals surface area contributed by atoms with Crippen molar-refractivity contribution < 1.29 is 9.18 Å². The number of carbonyl (C=O) groups is 1. The van der Waals surface area contributed by atoms with Crippen molar-refractivity contribution in [2.45, 2.75) is 12.8 Å². The second-order valence-corrected chi connectivity index (χ2v) is 7.23. The average Bonchev–Trinajstić information content (AvgIpc) is 3.44. The van der Waals surface area contributed by atoms with Crippen LogP contribution < -0.4 is 4.90 Å². The molecule has 1 aromatic carbocycles. The zero-order chi connectivity index (χ0) is 19.8. The van der Waals surface area contributed by atoms with Gasteiger partial charge in [-0.1, -0.05) is 12.1 Å². The van der Waals surface area contributed by atoms with Gasteiger partial charge in [0, 0.05) is 60.0 Å². The predicted octanol–water partition coefficient (Wildman–Crippen LogP) is 4.60. The third-order valence-electron chi connectivity index (χ3n) is 5.44. The molecule has 1 N–H and O–H groups in total. The largest absolute Gasteiger partial charge is 0.369 e. The lowest BCUT2D eigenvalue weighted by Gasteiger charge is -2.19. The number of aromatic amines is 1. The van der Waals surface area contributed by atoms with E-state index in [-0.39, 0.29) is 11.3 Å². The topological polar surface area (TPSA) is 61.9 Å². The molecule has 0 bridgehead atoms. The van der Waals surface area contributed by atoms with Crippen molar-refractivity contribution in [3.05, 3.63) is 78.1 Å². The highest BCUT2D eigenvalue weighted by Crippen LogP contribution is 2.30. The molecule has 1 fully saturated rings. The number of halogens is 1. The maximum absolute atomic E-state index is 15.2. The van der Waals surface area contributed by atoms with Gasteiger partial charge in [0.05, 0.1) is 11.3 Å². The van der Waals surface area contributed by atoms with Crippen molar-refractivity contribution in [3.8, 4) is 11.1 Å². The molecule has 0 atom stereocenters. The van der Waals surface area contributed by atoms with E-state index >= 15 is 4.39 Å². The van der Waals surface area contributed by atoms with E-state index in [1.165, 1.54) is 0 Å². The van der Waals surface area contributed by atoms with Gasteiger partial charge in [0.15, 0.2) is 11.6 Å². The molecule has 1 saturated heterocycles. The molecular formula is C23H19FN4O. The second-order valence-electron chi connectivity index (χ2n) is 7.23. The molecule has 1 aliphatic rings. The zero-order valence-corrected chi connectivity index (χ0v) is 15.7. The van der Waals surface area contributed by atoms with Crippen LogP contribution in [0.3, 0.4) is 0 Å². The van der Waals surface area contributed by atoms with E-state index in [1.54, 1.807) is 43.0 Å². The molecule has 0 spiro atoms. The van der Waals surface area contributed by atoms with Crippen molar-refractivity contribution in [2.75, 3.05) is 18.0 Å². The zero-order valence-electron chi connectivity index (χ0n) is 15.7. The average molecular weight is 386 g/mol. The molecule has 0 radical (unpaired) electrons. The number of hydrogen-bond donors (Lipinski definition) is 1. The number of carbonyl (C=O) groups excluding carboxylic acids is 1. The Hall–Kier alpha value is -3.54. The van der Waals surface area contributed by atoms with Gasteiger partial charge in [0.1, 0.15) is 5.65 Å². The van der Waals surface area contributed by atoms with E-state index in [1.807, 2.05) is 23.1 Å². The van der Waals surface area contributed by atoms with Crippen molar-refractivity contribution in [3.63, 3.8) is 0 Å². The molecule has 0 aliphatic carbocycles. The van der Waals surface area contributed by atoms with Crippen molar-refractivity contribution in [1.82, 2.24) is 15.0 Å². The fourth-order valence-electron chi connectivity index (χ4n) is 3.93. The monoisotopic (exact) mass is 386 g/mol. The Morgan fingerprint density at radius 1 is 1.03 bits per heavy atom. The van der Waals surface area contributed by atoms with Crippen molar-refractivity contribution >= 4 is 22.5 Å². The maximum atomic E-state index is 15.2. The van der Waals surface area contributed by atoms with Crippen molar-refractivity contribution in [1.29, 1.82) is 0 Å². The van der Waals surface area contributed by atoms with Crippen molar-refractivity contribution in [2.24, 2.45) is 0 Å². The lowest BCUT2D eigenvalue weighted by atomic mass is 10.0. The molecule has 144 valence electrons. The van der Waals surface area contributed by atoms with E-state index < -0.39 is 5.82 Å². The number of nitrogens with one attached hydrogen (secondary N) is 1. The highest BCUT2D eigenvalue weighted by molar-refractivity contribution is 6.16. The van der Waals surface area contributed by atoms with Crippen LogP contribution in [0.25, 0.3) is 22.2 Å². The third-order valence-corrected chi connectivity index (χ3v) is 5.44. The Kier molecular flexibility index (Phi) is 4.31. The fraction of sp³-hybridized carbons (Fsp3) is 0.174. The molecule has 1 aliphatic heterocycles. The summed E-state index contributed by atoms with van der Waals surface area (Å²) in [5.41, 5.74) is 3.35. The molecule has 0 saturated carbocycles. The molecule has 0 amide bonds. The van der Waals surface area contributed by atoms with Gasteiger partial charge < -0.3 is 9.88 Å². The molecule has 0 unspecified atom stereocenters. The fourth-order valence-corrected chi connectivity index (χ4v) is 3.93. The summed E-state index contributed by atoms with van der Waals surface area (Å²) in [6.45, 7) is 1.64. The minimum absolute atomic E-state index is 0.0853. The molecule has 5 nitrogen and oxygen atoms in total. The number of fused-ring (bicyclic) bond motifs is 1. The van der Waals surface area contributed by atoms with E-state index in [0.717, 1.165) is 37.1 Å². The van der Waals surface area contributed by atoms with Gasteiger partial charge in [-0.15, -0.1) is 0 Å². The number of benzene rings is 1. The van der Waals surface area contributed by atoms with Gasteiger partial charge in [-0.2, -0.15) is 0 Å². The standard InChI is InChI=1S/C23H19FN4O/c24-21-17(6-3-7-20(21)28-9-1-2-10-28)22(29)19-14-27-23-18(19)11-16(13-26-23)15-5-4-8-25-12-15/h3-8,11-14H,1-2,9-10H2,(H,26,27). The lowest BCUT2D eigenvalue weighted by Crippen LogP contribution is -2.20. The van der Waals surface area contributed by atoms with Gasteiger partial charge >= 0.3 is 0 Å². The Labute approximate surface area is 167 Å². The van der Waals surface area contributed by atoms with Crippen LogP contribution in [0, 0.1) is 5.82 Å². The van der Waals surface area contributed by atoms with E-state index in [0.29, 0.717) is 22.3 Å². The predicted molar refractivity (Wildman–Crippen MR) is 111 cm³/mol. The van der Waals surface area contributed by atoms with Crippen LogP contribution in [0.2, 0.25) is 0 Å². The number of anilines is 1. The van der Waals surface area contributed by atoms with Gasteiger partial charge in [-0.3, -0.25) is 9.78 Å². The number of nitrogens with zero attached hydrogens (tertiary/aromatic N) is 3. The van der Waals surface area contributed by atoms with Gasteiger partial charge in [-0.05, 0) is 37.1 Å². The Balaban J connectivity index is 1.57. The molecular weight excluding hydrogens is 367 g/mol. The van der Waals surface area contributed by atoms with Gasteiger partial charge in [0.25, 0.3) is 0 Å². The number of H-pyrrole nitrogens is 1. The molecule has 6 heteroatoms. The molecule has 5 rings (SSSR count). The summed E-state index contributed by atoms with van der Waals surface area (Å²) in [4.78, 5) is 26.8. The molecule has 4 heterocycles. The minimum Gasteiger partial charge on any atom is -0.369 e. The summed E-state index contributed by atoms with van der Waals surface area (Å²) in [6, 6.07) is 10.7. The molecule has 3 aromatic heterocycles. The van der Waals surface area contributed by atoms with Crippen LogP contribution in [0.4, 0.5) is 10.1 Å². The minimum atomic E-state index is -0.454. The number of aromatic nitrogens is 3. The highest BCUT2D eigenvalue weighted by atomic mass is 19.1. The quantitative estimate of drug-likeness (QED) is 0.521. The normalized spacial score (nSPS) is 13.9. The summed E-state index contributed by atoms with van der Waals surface area (Å²) in [5.74, 6) is -0.801. The van der Waals surface area contributed by atoms with Crippen LogP contribution in [0.5, 0.6) is 0 Å². The lowest BCUT2D eigenvalue weighted by molar-refractivity contribution is 0.103. The van der Waals surface area contributed by atoms with Gasteiger partial charge in [0.2, 0.25) is 0 Å². The first kappa shape index (κ1) is 17.6.